The Morgan fingerprint density at radius 1 is 1.42 bits per heavy atom. The maximum Gasteiger partial charge on any atom is 0.335 e. The number of sulfonamides is 1. The summed E-state index contributed by atoms with van der Waals surface area (Å²) in [6, 6.07) is 5.87. The average Bonchev–Trinajstić information content (AvgIpc) is 2.76. The zero-order valence-electron chi connectivity index (χ0n) is 10.2. The predicted octanol–water partition coefficient (Wildman–Crippen LogP) is 0.281. The number of aliphatic hydroxyl groups excluding tert-OH is 1. The van der Waals surface area contributed by atoms with Crippen molar-refractivity contribution in [1.29, 1.82) is 0 Å². The van der Waals surface area contributed by atoms with Crippen LogP contribution in [-0.4, -0.2) is 48.1 Å². The van der Waals surface area contributed by atoms with Crippen LogP contribution >= 0.6 is 0 Å². The zero-order valence-corrected chi connectivity index (χ0v) is 11.0. The van der Waals surface area contributed by atoms with Gasteiger partial charge in [-0.25, -0.2) is 13.2 Å². The van der Waals surface area contributed by atoms with E-state index in [9.17, 15) is 18.3 Å². The van der Waals surface area contributed by atoms with Crippen molar-refractivity contribution in [2.45, 2.75) is 18.3 Å². The molecule has 1 aromatic rings. The zero-order chi connectivity index (χ0) is 14.0. The van der Waals surface area contributed by atoms with Crippen molar-refractivity contribution in [3.8, 4) is 0 Å². The Kier molecular flexibility index (Phi) is 3.88. The molecule has 1 heterocycles. The van der Waals surface area contributed by atoms with E-state index >= 15 is 0 Å². The number of carboxylic acid groups (broad SMARTS) is 1. The van der Waals surface area contributed by atoms with Crippen LogP contribution in [0.15, 0.2) is 24.3 Å². The van der Waals surface area contributed by atoms with Crippen molar-refractivity contribution >= 4 is 16.0 Å². The second-order valence-corrected chi connectivity index (χ2v) is 6.53. The largest absolute Gasteiger partial charge is 0.478 e. The molecule has 0 saturated carbocycles. The molecule has 1 aliphatic rings. The van der Waals surface area contributed by atoms with Crippen molar-refractivity contribution < 1.29 is 23.4 Å². The van der Waals surface area contributed by atoms with Crippen LogP contribution in [0.2, 0.25) is 0 Å². The monoisotopic (exact) mass is 285 g/mol. The van der Waals surface area contributed by atoms with Crippen LogP contribution in [0.4, 0.5) is 0 Å². The molecule has 1 aromatic carbocycles. The van der Waals surface area contributed by atoms with E-state index in [4.69, 9.17) is 5.11 Å². The number of hydrogen-bond donors (Lipinski definition) is 2. The highest BCUT2D eigenvalue weighted by Crippen LogP contribution is 2.18. The van der Waals surface area contributed by atoms with Crippen molar-refractivity contribution in [2.24, 2.45) is 0 Å². The summed E-state index contributed by atoms with van der Waals surface area (Å²) in [7, 11) is -3.51. The number of nitrogens with zero attached hydrogens (tertiary/aromatic N) is 1. The SMILES string of the molecule is O=C(O)c1cccc(CS(=O)(=O)N2CC[C@H](O)C2)c1. The molecule has 0 amide bonds. The third-order valence-corrected chi connectivity index (χ3v) is 4.86. The molecule has 6 nitrogen and oxygen atoms in total. The molecule has 2 rings (SSSR count). The van der Waals surface area contributed by atoms with Gasteiger partial charge in [0.25, 0.3) is 0 Å². The van der Waals surface area contributed by atoms with E-state index in [0.29, 0.717) is 18.5 Å². The van der Waals surface area contributed by atoms with Gasteiger partial charge in [0.1, 0.15) is 0 Å². The topological polar surface area (TPSA) is 94.9 Å². The van der Waals surface area contributed by atoms with E-state index in [-0.39, 0.29) is 17.9 Å². The first-order chi connectivity index (χ1) is 8.88. The molecule has 0 aliphatic carbocycles. The first-order valence-corrected chi connectivity index (χ1v) is 7.47. The summed E-state index contributed by atoms with van der Waals surface area (Å²) in [5, 5.41) is 18.2. The molecule has 2 N–H and O–H groups in total. The lowest BCUT2D eigenvalue weighted by atomic mass is 10.1. The first-order valence-electron chi connectivity index (χ1n) is 5.86. The molecular formula is C12H15NO5S. The van der Waals surface area contributed by atoms with E-state index < -0.39 is 22.1 Å². The van der Waals surface area contributed by atoms with E-state index in [1.54, 1.807) is 6.07 Å². The Morgan fingerprint density at radius 2 is 2.16 bits per heavy atom. The maximum atomic E-state index is 12.1. The minimum Gasteiger partial charge on any atom is -0.478 e. The third kappa shape index (κ3) is 3.31. The fraction of sp³-hybridized carbons (Fsp3) is 0.417. The molecule has 1 atom stereocenters. The maximum absolute atomic E-state index is 12.1. The van der Waals surface area contributed by atoms with Crippen LogP contribution in [0, 0.1) is 0 Å². The summed E-state index contributed by atoms with van der Waals surface area (Å²) in [5.74, 6) is -1.34. The van der Waals surface area contributed by atoms with Gasteiger partial charge in [0.2, 0.25) is 10.0 Å². The Morgan fingerprint density at radius 3 is 2.74 bits per heavy atom. The predicted molar refractivity (Wildman–Crippen MR) is 68.2 cm³/mol. The number of hydrogen-bond acceptors (Lipinski definition) is 4. The summed E-state index contributed by atoms with van der Waals surface area (Å²) >= 11 is 0. The van der Waals surface area contributed by atoms with Crippen LogP contribution in [0.25, 0.3) is 0 Å². The van der Waals surface area contributed by atoms with E-state index in [0.717, 1.165) is 0 Å². The number of carboxylic acids is 1. The smallest absolute Gasteiger partial charge is 0.335 e. The average molecular weight is 285 g/mol. The normalized spacial score (nSPS) is 20.6. The van der Waals surface area contributed by atoms with Gasteiger partial charge in [0.05, 0.1) is 17.4 Å². The molecule has 104 valence electrons. The second-order valence-electron chi connectivity index (χ2n) is 4.56. The van der Waals surface area contributed by atoms with Gasteiger partial charge >= 0.3 is 5.97 Å². The number of rotatable bonds is 4. The van der Waals surface area contributed by atoms with Gasteiger partial charge < -0.3 is 10.2 Å². The lowest BCUT2D eigenvalue weighted by Crippen LogP contribution is -2.30. The van der Waals surface area contributed by atoms with E-state index in [1.807, 2.05) is 0 Å². The number of aromatic carboxylic acids is 1. The third-order valence-electron chi connectivity index (χ3n) is 3.04. The van der Waals surface area contributed by atoms with Crippen molar-refractivity contribution in [3.05, 3.63) is 35.4 Å². The summed E-state index contributed by atoms with van der Waals surface area (Å²) in [6.07, 6.45) is -0.172. The fourth-order valence-corrected chi connectivity index (χ4v) is 3.63. The number of benzene rings is 1. The van der Waals surface area contributed by atoms with Gasteiger partial charge in [-0.05, 0) is 24.1 Å². The summed E-state index contributed by atoms with van der Waals surface area (Å²) < 4.78 is 25.4. The van der Waals surface area contributed by atoms with E-state index in [1.165, 1.54) is 22.5 Å². The molecule has 0 aromatic heterocycles. The molecular weight excluding hydrogens is 270 g/mol. The molecule has 1 fully saturated rings. The number of β-amino-alcohol motifs (C(OH)–C–C–N with tert-alkyl or cyclic N) is 1. The Balaban J connectivity index is 2.16. The van der Waals surface area contributed by atoms with Gasteiger partial charge in [-0.3, -0.25) is 0 Å². The molecule has 7 heteroatoms. The highest BCUT2D eigenvalue weighted by Gasteiger charge is 2.30. The van der Waals surface area contributed by atoms with Crippen LogP contribution in [-0.2, 0) is 15.8 Å². The summed E-state index contributed by atoms with van der Waals surface area (Å²) in [4.78, 5) is 10.8. The lowest BCUT2D eigenvalue weighted by Gasteiger charge is -2.15. The first kappa shape index (κ1) is 14.0. The van der Waals surface area contributed by atoms with Gasteiger partial charge in [-0.1, -0.05) is 12.1 Å². The van der Waals surface area contributed by atoms with Crippen molar-refractivity contribution in [3.63, 3.8) is 0 Å². The van der Waals surface area contributed by atoms with Crippen LogP contribution in [0.3, 0.4) is 0 Å². The Hall–Kier alpha value is -1.44. The van der Waals surface area contributed by atoms with Gasteiger partial charge in [-0.2, -0.15) is 4.31 Å². The molecule has 0 spiro atoms. The molecule has 0 bridgehead atoms. The van der Waals surface area contributed by atoms with Crippen LogP contribution in [0.1, 0.15) is 22.3 Å². The quantitative estimate of drug-likeness (QED) is 0.828. The van der Waals surface area contributed by atoms with Gasteiger partial charge in [0, 0.05) is 13.1 Å². The van der Waals surface area contributed by atoms with Crippen molar-refractivity contribution in [1.82, 2.24) is 4.31 Å². The summed E-state index contributed by atoms with van der Waals surface area (Å²) in [6.45, 7) is 0.420. The standard InChI is InChI=1S/C12H15NO5S/c14-11-4-5-13(7-11)19(17,18)8-9-2-1-3-10(6-9)12(15)16/h1-3,6,11,14H,4-5,7-8H2,(H,15,16)/t11-/m0/s1. The minimum atomic E-state index is -3.51. The molecule has 0 unspecified atom stereocenters. The van der Waals surface area contributed by atoms with E-state index in [2.05, 4.69) is 0 Å². The highest BCUT2D eigenvalue weighted by atomic mass is 32.2. The molecule has 0 radical (unpaired) electrons. The van der Waals surface area contributed by atoms with Crippen molar-refractivity contribution in [2.75, 3.05) is 13.1 Å². The number of aliphatic hydroxyl groups is 1. The Labute approximate surface area is 111 Å². The van der Waals surface area contributed by atoms with Crippen LogP contribution < -0.4 is 0 Å². The summed E-state index contributed by atoms with van der Waals surface area (Å²) in [5.41, 5.74) is 0.496. The second kappa shape index (κ2) is 5.28. The molecule has 1 aliphatic heterocycles. The molecule has 19 heavy (non-hydrogen) atoms. The van der Waals surface area contributed by atoms with Gasteiger partial charge in [0.15, 0.2) is 0 Å². The van der Waals surface area contributed by atoms with Gasteiger partial charge in [-0.15, -0.1) is 0 Å². The Bertz CT molecular complexity index is 584. The molecule has 1 saturated heterocycles. The fourth-order valence-electron chi connectivity index (χ4n) is 2.06. The van der Waals surface area contributed by atoms with Crippen LogP contribution in [0.5, 0.6) is 0 Å². The highest BCUT2D eigenvalue weighted by molar-refractivity contribution is 7.88. The number of carbonyl (C=O) groups is 1. The lowest BCUT2D eigenvalue weighted by molar-refractivity contribution is 0.0696. The minimum absolute atomic E-state index is 0.0640.